The Hall–Kier alpha value is -2.41. The number of hydrogen-bond acceptors (Lipinski definition) is 8. The fourth-order valence-corrected chi connectivity index (χ4v) is 7.31. The number of methoxy groups -OCH3 is 2. The summed E-state index contributed by atoms with van der Waals surface area (Å²) in [5, 5.41) is 0. The molecule has 0 saturated carbocycles. The predicted molar refractivity (Wildman–Crippen MR) is 161 cm³/mol. The molecule has 0 saturated heterocycles. The molecule has 2 aromatic carbocycles. The van der Waals surface area contributed by atoms with Crippen molar-refractivity contribution in [1.29, 1.82) is 0 Å². The van der Waals surface area contributed by atoms with Crippen LogP contribution in [0, 0.1) is 0 Å². The molecule has 4 rings (SSSR count). The van der Waals surface area contributed by atoms with Gasteiger partial charge in [-0.25, -0.2) is 9.79 Å². The van der Waals surface area contributed by atoms with Gasteiger partial charge in [-0.2, -0.15) is 0 Å². The lowest BCUT2D eigenvalue weighted by Crippen LogP contribution is -2.40. The number of aromatic nitrogens is 1. The van der Waals surface area contributed by atoms with Crippen LogP contribution in [0.15, 0.2) is 58.7 Å². The van der Waals surface area contributed by atoms with E-state index in [2.05, 4.69) is 52.8 Å². The van der Waals surface area contributed by atoms with E-state index in [0.29, 0.717) is 54.5 Å². The zero-order valence-corrected chi connectivity index (χ0v) is 27.3. The minimum atomic E-state index is -0.822. The molecule has 1 aliphatic heterocycles. The van der Waals surface area contributed by atoms with Gasteiger partial charge in [0.25, 0.3) is 5.56 Å². The van der Waals surface area contributed by atoms with Crippen molar-refractivity contribution < 1.29 is 23.7 Å². The molecule has 0 bridgehead atoms. The summed E-state index contributed by atoms with van der Waals surface area (Å²) in [5.41, 5.74) is 1.75. The van der Waals surface area contributed by atoms with Crippen LogP contribution in [-0.4, -0.2) is 38.0 Å². The maximum Gasteiger partial charge on any atom is 0.338 e. The van der Waals surface area contributed by atoms with Crippen molar-refractivity contribution in [1.82, 2.24) is 4.57 Å². The molecule has 0 amide bonds. The van der Waals surface area contributed by atoms with Crippen LogP contribution in [0.5, 0.6) is 17.2 Å². The number of thiazole rings is 1. The summed E-state index contributed by atoms with van der Waals surface area (Å²) >= 11 is 11.9. The molecule has 3 aromatic rings. The summed E-state index contributed by atoms with van der Waals surface area (Å²) in [4.78, 5) is 32.4. The summed E-state index contributed by atoms with van der Waals surface area (Å²) in [6.45, 7) is 5.98. The fraction of sp³-hybridized carbons (Fsp3) is 0.296. The van der Waals surface area contributed by atoms with Gasteiger partial charge in [0.05, 0.1) is 53.8 Å². The van der Waals surface area contributed by atoms with Crippen LogP contribution in [0.3, 0.4) is 0 Å². The average Bonchev–Trinajstić information content (AvgIpc) is 3.18. The van der Waals surface area contributed by atoms with Crippen molar-refractivity contribution in [3.63, 3.8) is 0 Å². The van der Waals surface area contributed by atoms with Gasteiger partial charge in [-0.05, 0) is 72.6 Å². The molecule has 0 N–H and O–H groups in total. The van der Waals surface area contributed by atoms with Crippen LogP contribution < -0.4 is 29.1 Å². The van der Waals surface area contributed by atoms with E-state index in [1.165, 1.54) is 23.0 Å². The van der Waals surface area contributed by atoms with E-state index in [4.69, 9.17) is 18.9 Å². The standard InChI is InChI=1S/C27H25Br3N2O6S/c1-6-37-20-12-17(29)16(11-19(20)35-4)23-22(26(34)38-7-2)13(3)31-27-32(23)25(33)21(39-27)9-14-8-15(28)10-18(30)24(14)36-5/h8-12,23H,6-7H2,1-5H3/b21-9+/t23-/m0/s1. The molecular weight excluding hydrogens is 720 g/mol. The Kier molecular flexibility index (Phi) is 9.41. The van der Waals surface area contributed by atoms with E-state index in [0.717, 1.165) is 8.95 Å². The highest BCUT2D eigenvalue weighted by Gasteiger charge is 2.35. The first-order valence-electron chi connectivity index (χ1n) is 11.9. The van der Waals surface area contributed by atoms with Crippen LogP contribution in [-0.2, 0) is 9.53 Å². The summed E-state index contributed by atoms with van der Waals surface area (Å²) < 4.78 is 26.4. The summed E-state index contributed by atoms with van der Waals surface area (Å²) in [6, 6.07) is 6.45. The predicted octanol–water partition coefficient (Wildman–Crippen LogP) is 5.50. The summed E-state index contributed by atoms with van der Waals surface area (Å²) in [7, 11) is 3.11. The second-order valence-electron chi connectivity index (χ2n) is 8.27. The average molecular weight is 745 g/mol. The van der Waals surface area contributed by atoms with E-state index in [9.17, 15) is 9.59 Å². The number of esters is 1. The van der Waals surface area contributed by atoms with Crippen LogP contribution >= 0.6 is 59.1 Å². The number of halogens is 3. The van der Waals surface area contributed by atoms with Crippen molar-refractivity contribution >= 4 is 71.2 Å². The zero-order valence-electron chi connectivity index (χ0n) is 21.8. The third-order valence-electron chi connectivity index (χ3n) is 5.92. The van der Waals surface area contributed by atoms with Crippen molar-refractivity contribution in [2.75, 3.05) is 27.4 Å². The van der Waals surface area contributed by atoms with Gasteiger partial charge in [0.2, 0.25) is 0 Å². The lowest BCUT2D eigenvalue weighted by Gasteiger charge is -2.26. The SMILES string of the molecule is CCOC(=O)C1=C(C)N=c2s/c(=C/c3cc(Br)cc(Br)c3OC)c(=O)n2[C@H]1c1cc(OC)c(OCC)cc1Br. The molecule has 1 aliphatic rings. The first kappa shape index (κ1) is 29.6. The molecular formula is C27H25Br3N2O6S. The van der Waals surface area contributed by atoms with Gasteiger partial charge >= 0.3 is 5.97 Å². The Morgan fingerprint density at radius 3 is 2.44 bits per heavy atom. The van der Waals surface area contributed by atoms with E-state index in [-0.39, 0.29) is 17.7 Å². The first-order chi connectivity index (χ1) is 18.6. The number of hydrogen-bond donors (Lipinski definition) is 0. The minimum Gasteiger partial charge on any atom is -0.495 e. The fourth-order valence-electron chi connectivity index (χ4n) is 4.32. The van der Waals surface area contributed by atoms with E-state index in [1.807, 2.05) is 19.1 Å². The highest BCUT2D eigenvalue weighted by atomic mass is 79.9. The monoisotopic (exact) mass is 742 g/mol. The van der Waals surface area contributed by atoms with Crippen molar-refractivity contribution in [2.45, 2.75) is 26.8 Å². The number of carbonyl (C=O) groups excluding carboxylic acids is 1. The second-order valence-corrected chi connectivity index (χ2v) is 11.9. The van der Waals surface area contributed by atoms with Crippen LogP contribution in [0.2, 0.25) is 0 Å². The maximum absolute atomic E-state index is 14.0. The molecule has 12 heteroatoms. The number of carbonyl (C=O) groups is 1. The Morgan fingerprint density at radius 1 is 1.05 bits per heavy atom. The molecule has 39 heavy (non-hydrogen) atoms. The maximum atomic E-state index is 14.0. The van der Waals surface area contributed by atoms with E-state index >= 15 is 0 Å². The topological polar surface area (TPSA) is 88.4 Å². The van der Waals surface area contributed by atoms with Crippen LogP contribution in [0.25, 0.3) is 6.08 Å². The van der Waals surface area contributed by atoms with Crippen LogP contribution in [0.4, 0.5) is 0 Å². The van der Waals surface area contributed by atoms with Crippen molar-refractivity contribution in [3.05, 3.63) is 79.8 Å². The Balaban J connectivity index is 2.03. The van der Waals surface area contributed by atoms with Gasteiger partial charge in [0, 0.05) is 14.5 Å². The molecule has 0 spiro atoms. The quantitative estimate of drug-likeness (QED) is 0.283. The first-order valence-corrected chi connectivity index (χ1v) is 15.1. The normalized spacial score (nSPS) is 15.1. The third kappa shape index (κ3) is 5.75. The Labute approximate surface area is 254 Å². The molecule has 1 aromatic heterocycles. The number of nitrogens with zero attached hydrogens (tertiary/aromatic N) is 2. The number of rotatable bonds is 8. The number of ether oxygens (including phenoxy) is 4. The summed E-state index contributed by atoms with van der Waals surface area (Å²) in [6.07, 6.45) is 1.76. The van der Waals surface area contributed by atoms with Gasteiger partial charge in [0.1, 0.15) is 5.75 Å². The van der Waals surface area contributed by atoms with Crippen molar-refractivity contribution in [2.24, 2.45) is 4.99 Å². The van der Waals surface area contributed by atoms with Gasteiger partial charge in [-0.1, -0.05) is 43.2 Å². The van der Waals surface area contributed by atoms with Gasteiger partial charge in [-0.3, -0.25) is 9.36 Å². The second kappa shape index (κ2) is 12.4. The number of allylic oxidation sites excluding steroid dienone is 1. The molecule has 0 radical (unpaired) electrons. The lowest BCUT2D eigenvalue weighted by atomic mass is 9.95. The molecule has 8 nitrogen and oxygen atoms in total. The van der Waals surface area contributed by atoms with Gasteiger partial charge in [0.15, 0.2) is 16.3 Å². The highest BCUT2D eigenvalue weighted by Crippen LogP contribution is 2.41. The molecule has 2 heterocycles. The lowest BCUT2D eigenvalue weighted by molar-refractivity contribution is -0.139. The third-order valence-corrected chi connectivity index (χ3v) is 8.64. The Morgan fingerprint density at radius 2 is 1.79 bits per heavy atom. The molecule has 0 aliphatic carbocycles. The largest absolute Gasteiger partial charge is 0.495 e. The van der Waals surface area contributed by atoms with Crippen molar-refractivity contribution in [3.8, 4) is 17.2 Å². The number of benzene rings is 2. The summed E-state index contributed by atoms with van der Waals surface area (Å²) in [5.74, 6) is 1.05. The smallest absolute Gasteiger partial charge is 0.338 e. The van der Waals surface area contributed by atoms with Gasteiger partial charge < -0.3 is 18.9 Å². The van der Waals surface area contributed by atoms with E-state index < -0.39 is 12.0 Å². The molecule has 0 fully saturated rings. The molecule has 206 valence electrons. The molecule has 0 unspecified atom stereocenters. The minimum absolute atomic E-state index is 0.179. The molecule has 1 atom stereocenters. The Bertz CT molecular complexity index is 1660. The van der Waals surface area contributed by atoms with E-state index in [1.54, 1.807) is 39.2 Å². The zero-order chi connectivity index (χ0) is 28.4. The number of fused-ring (bicyclic) bond motifs is 1. The highest BCUT2D eigenvalue weighted by molar-refractivity contribution is 9.11. The van der Waals surface area contributed by atoms with Gasteiger partial charge in [-0.15, -0.1) is 0 Å². The van der Waals surface area contributed by atoms with Crippen LogP contribution in [0.1, 0.15) is 37.9 Å².